The van der Waals surface area contributed by atoms with Gasteiger partial charge in [-0.1, -0.05) is 0 Å². The molecule has 0 amide bonds. The summed E-state index contributed by atoms with van der Waals surface area (Å²) in [5.41, 5.74) is 0.161. The van der Waals surface area contributed by atoms with Gasteiger partial charge in [-0.05, 0) is 30.7 Å². The van der Waals surface area contributed by atoms with E-state index in [-0.39, 0.29) is 5.41 Å². The van der Waals surface area contributed by atoms with Crippen molar-refractivity contribution in [2.75, 3.05) is 12.4 Å². The van der Waals surface area contributed by atoms with E-state index < -0.39 is 11.6 Å². The summed E-state index contributed by atoms with van der Waals surface area (Å²) >= 11 is 4.23. The molecule has 4 heteroatoms. The van der Waals surface area contributed by atoms with Crippen molar-refractivity contribution in [3.8, 4) is 5.75 Å². The Morgan fingerprint density at radius 1 is 1.27 bits per heavy atom. The van der Waals surface area contributed by atoms with Crippen LogP contribution in [0.1, 0.15) is 12.8 Å². The molecule has 0 radical (unpaired) electrons. The van der Waals surface area contributed by atoms with E-state index in [2.05, 4.69) is 12.6 Å². The maximum absolute atomic E-state index is 12.8. The Bertz CT molecular complexity index is 364. The van der Waals surface area contributed by atoms with E-state index >= 15 is 0 Å². The Morgan fingerprint density at radius 2 is 2.00 bits per heavy atom. The van der Waals surface area contributed by atoms with Gasteiger partial charge in [-0.2, -0.15) is 12.6 Å². The van der Waals surface area contributed by atoms with Gasteiger partial charge in [0.25, 0.3) is 0 Å². The molecular weight excluding hydrogens is 218 g/mol. The summed E-state index contributed by atoms with van der Waals surface area (Å²) in [5, 5.41) is 0. The van der Waals surface area contributed by atoms with Crippen LogP contribution in [0.5, 0.6) is 5.75 Å². The summed E-state index contributed by atoms with van der Waals surface area (Å²) in [5.74, 6) is -0.570. The highest BCUT2D eigenvalue weighted by atomic mass is 32.1. The zero-order valence-electron chi connectivity index (χ0n) is 8.17. The first-order valence-electron chi connectivity index (χ1n) is 4.84. The first-order valence-corrected chi connectivity index (χ1v) is 5.47. The van der Waals surface area contributed by atoms with Crippen molar-refractivity contribution >= 4 is 12.6 Å². The molecular formula is C11H12F2OS. The second-order valence-electron chi connectivity index (χ2n) is 4.02. The van der Waals surface area contributed by atoms with Gasteiger partial charge in [0.15, 0.2) is 11.6 Å². The first-order chi connectivity index (χ1) is 7.15. The molecule has 0 spiro atoms. The Morgan fingerprint density at radius 3 is 2.53 bits per heavy atom. The van der Waals surface area contributed by atoms with Crippen LogP contribution >= 0.6 is 12.6 Å². The average Bonchev–Trinajstić information content (AvgIpc) is 3.01. The van der Waals surface area contributed by atoms with Gasteiger partial charge in [-0.3, -0.25) is 0 Å². The molecule has 1 aliphatic rings. The van der Waals surface area contributed by atoms with Gasteiger partial charge in [-0.25, -0.2) is 8.78 Å². The van der Waals surface area contributed by atoms with Crippen LogP contribution in [0.2, 0.25) is 0 Å². The third kappa shape index (κ3) is 2.43. The molecule has 1 saturated carbocycles. The SMILES string of the molecule is Fc1ccc(OCC2(CS)CC2)cc1F. The maximum atomic E-state index is 12.8. The van der Waals surface area contributed by atoms with Crippen LogP contribution in [-0.4, -0.2) is 12.4 Å². The normalized spacial score (nSPS) is 17.5. The van der Waals surface area contributed by atoms with Crippen molar-refractivity contribution in [1.29, 1.82) is 0 Å². The molecule has 0 aromatic heterocycles. The second-order valence-corrected chi connectivity index (χ2v) is 4.34. The Labute approximate surface area is 92.8 Å². The van der Waals surface area contributed by atoms with Crippen molar-refractivity contribution in [2.24, 2.45) is 5.41 Å². The summed E-state index contributed by atoms with van der Waals surface area (Å²) in [7, 11) is 0. The molecule has 1 aliphatic carbocycles. The molecule has 1 nitrogen and oxygen atoms in total. The lowest BCUT2D eigenvalue weighted by Gasteiger charge is -2.13. The third-order valence-corrected chi connectivity index (χ3v) is 3.40. The summed E-state index contributed by atoms with van der Waals surface area (Å²) in [4.78, 5) is 0. The highest BCUT2D eigenvalue weighted by Gasteiger charge is 2.42. The fraction of sp³-hybridized carbons (Fsp3) is 0.455. The molecule has 15 heavy (non-hydrogen) atoms. The lowest BCUT2D eigenvalue weighted by molar-refractivity contribution is 0.249. The van der Waals surface area contributed by atoms with Gasteiger partial charge in [0, 0.05) is 11.5 Å². The van der Waals surface area contributed by atoms with Crippen LogP contribution in [0.4, 0.5) is 8.78 Å². The number of ether oxygens (including phenoxy) is 1. The minimum Gasteiger partial charge on any atom is -0.493 e. The molecule has 0 N–H and O–H groups in total. The first kappa shape index (κ1) is 10.7. The van der Waals surface area contributed by atoms with Crippen molar-refractivity contribution < 1.29 is 13.5 Å². The molecule has 1 fully saturated rings. The minimum atomic E-state index is -0.872. The van der Waals surface area contributed by atoms with Gasteiger partial charge in [-0.15, -0.1) is 0 Å². The van der Waals surface area contributed by atoms with E-state index in [0.29, 0.717) is 12.4 Å². The summed E-state index contributed by atoms with van der Waals surface area (Å²) in [6.45, 7) is 0.529. The summed E-state index contributed by atoms with van der Waals surface area (Å²) < 4.78 is 30.8. The number of hydrogen-bond acceptors (Lipinski definition) is 2. The lowest BCUT2D eigenvalue weighted by atomic mass is 10.2. The number of benzene rings is 1. The van der Waals surface area contributed by atoms with E-state index in [1.807, 2.05) is 0 Å². The van der Waals surface area contributed by atoms with Crippen LogP contribution < -0.4 is 4.74 Å². The van der Waals surface area contributed by atoms with Crippen molar-refractivity contribution in [1.82, 2.24) is 0 Å². The second kappa shape index (κ2) is 4.00. The molecule has 82 valence electrons. The Balaban J connectivity index is 1.96. The fourth-order valence-corrected chi connectivity index (χ4v) is 1.74. The van der Waals surface area contributed by atoms with Gasteiger partial charge in [0.1, 0.15) is 5.75 Å². The van der Waals surface area contributed by atoms with E-state index in [1.165, 1.54) is 6.07 Å². The molecule has 1 aromatic rings. The molecule has 0 unspecified atom stereocenters. The van der Waals surface area contributed by atoms with E-state index in [4.69, 9.17) is 4.74 Å². The van der Waals surface area contributed by atoms with Crippen LogP contribution in [0.25, 0.3) is 0 Å². The predicted octanol–water partition coefficient (Wildman–Crippen LogP) is 3.05. The number of halogens is 2. The zero-order chi connectivity index (χ0) is 10.9. The van der Waals surface area contributed by atoms with Crippen molar-refractivity contribution in [2.45, 2.75) is 12.8 Å². The third-order valence-electron chi connectivity index (χ3n) is 2.73. The smallest absolute Gasteiger partial charge is 0.162 e. The Hall–Kier alpha value is -0.770. The zero-order valence-corrected chi connectivity index (χ0v) is 9.07. The van der Waals surface area contributed by atoms with Crippen LogP contribution in [0.15, 0.2) is 18.2 Å². The number of thiol groups is 1. The summed E-state index contributed by atoms with van der Waals surface area (Å²) in [6.07, 6.45) is 2.19. The highest BCUT2D eigenvalue weighted by Crippen LogP contribution is 2.46. The van der Waals surface area contributed by atoms with Gasteiger partial charge < -0.3 is 4.74 Å². The number of hydrogen-bond donors (Lipinski definition) is 1. The number of rotatable bonds is 4. The van der Waals surface area contributed by atoms with E-state index in [0.717, 1.165) is 30.7 Å². The van der Waals surface area contributed by atoms with Gasteiger partial charge >= 0.3 is 0 Å². The average molecular weight is 230 g/mol. The van der Waals surface area contributed by atoms with Gasteiger partial charge in [0.05, 0.1) is 6.61 Å². The van der Waals surface area contributed by atoms with Crippen LogP contribution in [0.3, 0.4) is 0 Å². The molecule has 0 bridgehead atoms. The Kier molecular flexibility index (Phi) is 2.87. The van der Waals surface area contributed by atoms with Crippen LogP contribution in [0, 0.1) is 17.0 Å². The largest absolute Gasteiger partial charge is 0.493 e. The van der Waals surface area contributed by atoms with Crippen molar-refractivity contribution in [3.05, 3.63) is 29.8 Å². The standard InChI is InChI=1S/C11H12F2OS/c12-9-2-1-8(5-10(9)13)14-6-11(7-15)3-4-11/h1-2,5,15H,3-4,6-7H2. The minimum absolute atomic E-state index is 0.161. The molecule has 2 rings (SSSR count). The van der Waals surface area contributed by atoms with Gasteiger partial charge in [0.2, 0.25) is 0 Å². The topological polar surface area (TPSA) is 9.23 Å². The maximum Gasteiger partial charge on any atom is 0.162 e. The monoisotopic (exact) mass is 230 g/mol. The lowest BCUT2D eigenvalue weighted by Crippen LogP contribution is -2.14. The quantitative estimate of drug-likeness (QED) is 0.782. The van der Waals surface area contributed by atoms with E-state index in [9.17, 15) is 8.78 Å². The molecule has 1 aromatic carbocycles. The van der Waals surface area contributed by atoms with E-state index in [1.54, 1.807) is 0 Å². The van der Waals surface area contributed by atoms with Crippen LogP contribution in [-0.2, 0) is 0 Å². The summed E-state index contributed by atoms with van der Waals surface area (Å²) in [6, 6.07) is 3.59. The molecule has 0 heterocycles. The fourth-order valence-electron chi connectivity index (χ4n) is 1.33. The van der Waals surface area contributed by atoms with Crippen molar-refractivity contribution in [3.63, 3.8) is 0 Å². The highest BCUT2D eigenvalue weighted by molar-refractivity contribution is 7.80. The predicted molar refractivity (Wildman–Crippen MR) is 57.4 cm³/mol. The molecule has 0 atom stereocenters. The molecule has 0 saturated heterocycles. The molecule has 0 aliphatic heterocycles.